The summed E-state index contributed by atoms with van der Waals surface area (Å²) in [6.07, 6.45) is 0. The van der Waals surface area contributed by atoms with E-state index in [2.05, 4.69) is 15.5 Å². The third kappa shape index (κ3) is 4.86. The minimum Gasteiger partial charge on any atom is -0.378 e. The van der Waals surface area contributed by atoms with Gasteiger partial charge in [-0.15, -0.1) is 10.2 Å². The van der Waals surface area contributed by atoms with E-state index in [1.165, 1.54) is 11.8 Å². The molecule has 1 saturated heterocycles. The normalized spacial score (nSPS) is 15.4. The van der Waals surface area contributed by atoms with Crippen LogP contribution in [0.2, 0.25) is 0 Å². The van der Waals surface area contributed by atoms with Crippen LogP contribution in [-0.4, -0.2) is 63.5 Å². The number of rotatable bonds is 6. The molecule has 1 N–H and O–H groups in total. The molecular weight excluding hydrogens is 366 g/mol. The second-order valence-corrected chi connectivity index (χ2v) is 7.19. The molecule has 8 nitrogen and oxygen atoms in total. The van der Waals surface area contributed by atoms with Crippen LogP contribution in [-0.2, 0) is 16.6 Å². The topological polar surface area (TPSA) is 89.3 Å². The third-order valence-corrected chi connectivity index (χ3v) is 5.33. The van der Waals surface area contributed by atoms with Crippen molar-refractivity contribution in [2.75, 3.05) is 32.1 Å². The van der Waals surface area contributed by atoms with Crippen molar-refractivity contribution in [1.29, 1.82) is 0 Å². The van der Waals surface area contributed by atoms with E-state index >= 15 is 0 Å². The van der Waals surface area contributed by atoms with E-state index in [1.807, 2.05) is 36.7 Å². The van der Waals surface area contributed by atoms with Crippen molar-refractivity contribution in [2.45, 2.75) is 18.1 Å². The lowest BCUT2D eigenvalue weighted by atomic mass is 10.2. The van der Waals surface area contributed by atoms with Crippen LogP contribution in [0.15, 0.2) is 35.5 Å². The highest BCUT2D eigenvalue weighted by Crippen LogP contribution is 2.20. The van der Waals surface area contributed by atoms with Crippen LogP contribution in [0.5, 0.6) is 0 Å². The Kier molecular flexibility index (Phi) is 6.46. The zero-order valence-corrected chi connectivity index (χ0v) is 16.2. The molecular formula is C18H23N5O3S. The molecule has 2 amide bonds. The molecule has 1 aromatic heterocycles. The van der Waals surface area contributed by atoms with Crippen LogP contribution in [0.4, 0.5) is 0 Å². The maximum absolute atomic E-state index is 12.3. The molecule has 0 bridgehead atoms. The van der Waals surface area contributed by atoms with Gasteiger partial charge in [0.25, 0.3) is 5.91 Å². The molecule has 9 heteroatoms. The van der Waals surface area contributed by atoms with Gasteiger partial charge in [0.15, 0.2) is 11.0 Å². The van der Waals surface area contributed by atoms with Crippen molar-refractivity contribution >= 4 is 23.6 Å². The molecule has 1 atom stereocenters. The fourth-order valence-electron chi connectivity index (χ4n) is 2.79. The van der Waals surface area contributed by atoms with E-state index in [4.69, 9.17) is 4.74 Å². The Morgan fingerprint density at radius 2 is 1.93 bits per heavy atom. The fraction of sp³-hybridized carbons (Fsp3) is 0.444. The highest BCUT2D eigenvalue weighted by atomic mass is 32.2. The fourth-order valence-corrected chi connectivity index (χ4v) is 3.61. The number of amides is 2. The average molecular weight is 389 g/mol. The Morgan fingerprint density at radius 3 is 2.63 bits per heavy atom. The quantitative estimate of drug-likeness (QED) is 0.748. The molecule has 2 aromatic rings. The smallest absolute Gasteiger partial charge is 0.251 e. The maximum atomic E-state index is 12.3. The molecule has 0 unspecified atom stereocenters. The summed E-state index contributed by atoms with van der Waals surface area (Å²) in [6.45, 7) is 4.29. The van der Waals surface area contributed by atoms with Gasteiger partial charge in [0.1, 0.15) is 0 Å². The number of morpholine rings is 1. The Hall–Kier alpha value is -2.39. The van der Waals surface area contributed by atoms with Crippen LogP contribution in [0.25, 0.3) is 0 Å². The standard InChI is InChI=1S/C18H23N5O3S/c1-13(19-17(25)14-6-4-3-5-7-14)16-20-21-18(22(16)2)27-12-15(24)23-8-10-26-11-9-23/h3-7,13H,8-12H2,1-2H3,(H,19,25)/t13-/m1/s1. The minimum absolute atomic E-state index is 0.0679. The summed E-state index contributed by atoms with van der Waals surface area (Å²) >= 11 is 1.35. The monoisotopic (exact) mass is 389 g/mol. The number of hydrogen-bond donors (Lipinski definition) is 1. The molecule has 144 valence electrons. The Balaban J connectivity index is 1.57. The lowest BCUT2D eigenvalue weighted by molar-refractivity contribution is -0.132. The van der Waals surface area contributed by atoms with Gasteiger partial charge in [-0.05, 0) is 19.1 Å². The Morgan fingerprint density at radius 1 is 1.22 bits per heavy atom. The number of thioether (sulfide) groups is 1. The summed E-state index contributed by atoms with van der Waals surface area (Å²) in [5, 5.41) is 11.9. The first kappa shape index (κ1) is 19.4. The lowest BCUT2D eigenvalue weighted by Gasteiger charge is -2.26. The molecule has 3 rings (SSSR count). The number of aromatic nitrogens is 3. The Labute approximate surface area is 162 Å². The summed E-state index contributed by atoms with van der Waals surface area (Å²) < 4.78 is 7.08. The predicted octanol–water partition coefficient (Wildman–Crippen LogP) is 1.26. The molecule has 0 saturated carbocycles. The summed E-state index contributed by atoms with van der Waals surface area (Å²) in [5.74, 6) is 0.846. The van der Waals surface area contributed by atoms with Crippen LogP contribution in [0.3, 0.4) is 0 Å². The van der Waals surface area contributed by atoms with E-state index in [9.17, 15) is 9.59 Å². The molecule has 0 radical (unpaired) electrons. The molecule has 1 fully saturated rings. The van der Waals surface area contributed by atoms with Crippen LogP contribution >= 0.6 is 11.8 Å². The van der Waals surface area contributed by atoms with E-state index in [1.54, 1.807) is 17.0 Å². The number of hydrogen-bond acceptors (Lipinski definition) is 6. The van der Waals surface area contributed by atoms with E-state index < -0.39 is 0 Å². The van der Waals surface area contributed by atoms with Gasteiger partial charge in [-0.1, -0.05) is 30.0 Å². The zero-order valence-electron chi connectivity index (χ0n) is 15.4. The van der Waals surface area contributed by atoms with Gasteiger partial charge in [-0.2, -0.15) is 0 Å². The Bertz CT molecular complexity index is 790. The molecule has 2 heterocycles. The van der Waals surface area contributed by atoms with E-state index in [0.29, 0.717) is 48.6 Å². The largest absolute Gasteiger partial charge is 0.378 e. The van der Waals surface area contributed by atoms with Crippen molar-refractivity contribution in [3.05, 3.63) is 41.7 Å². The molecule has 0 aliphatic carbocycles. The SMILES string of the molecule is C[C@@H](NC(=O)c1ccccc1)c1nnc(SCC(=O)N2CCOCC2)n1C. The highest BCUT2D eigenvalue weighted by molar-refractivity contribution is 7.99. The number of ether oxygens (including phenoxy) is 1. The van der Waals surface area contributed by atoms with Gasteiger partial charge in [0.05, 0.1) is 25.0 Å². The zero-order chi connectivity index (χ0) is 19.2. The molecule has 1 aliphatic rings. The number of carbonyl (C=O) groups is 2. The number of benzene rings is 1. The van der Waals surface area contributed by atoms with Crippen molar-refractivity contribution in [2.24, 2.45) is 7.05 Å². The lowest BCUT2D eigenvalue weighted by Crippen LogP contribution is -2.41. The summed E-state index contributed by atoms with van der Waals surface area (Å²) in [6, 6.07) is 8.73. The van der Waals surface area contributed by atoms with Crippen molar-refractivity contribution in [3.8, 4) is 0 Å². The van der Waals surface area contributed by atoms with Crippen molar-refractivity contribution in [1.82, 2.24) is 25.0 Å². The second kappa shape index (κ2) is 9.01. The molecule has 27 heavy (non-hydrogen) atoms. The van der Waals surface area contributed by atoms with Gasteiger partial charge < -0.3 is 19.5 Å². The van der Waals surface area contributed by atoms with Crippen LogP contribution in [0, 0.1) is 0 Å². The van der Waals surface area contributed by atoms with Gasteiger partial charge >= 0.3 is 0 Å². The van der Waals surface area contributed by atoms with Crippen LogP contribution in [0.1, 0.15) is 29.1 Å². The summed E-state index contributed by atoms with van der Waals surface area (Å²) in [7, 11) is 1.84. The first-order valence-corrected chi connectivity index (χ1v) is 9.78. The third-order valence-electron chi connectivity index (χ3n) is 4.33. The van der Waals surface area contributed by atoms with Gasteiger partial charge in [0, 0.05) is 25.7 Å². The highest BCUT2D eigenvalue weighted by Gasteiger charge is 2.21. The second-order valence-electron chi connectivity index (χ2n) is 6.24. The van der Waals surface area contributed by atoms with E-state index in [-0.39, 0.29) is 17.9 Å². The minimum atomic E-state index is -0.306. The molecule has 1 aromatic carbocycles. The van der Waals surface area contributed by atoms with Crippen molar-refractivity contribution in [3.63, 3.8) is 0 Å². The molecule has 1 aliphatic heterocycles. The summed E-state index contributed by atoms with van der Waals surface area (Å²) in [4.78, 5) is 26.4. The average Bonchev–Trinajstić information content (AvgIpc) is 3.08. The van der Waals surface area contributed by atoms with Crippen molar-refractivity contribution < 1.29 is 14.3 Å². The maximum Gasteiger partial charge on any atom is 0.251 e. The van der Waals surface area contributed by atoms with E-state index in [0.717, 1.165) is 0 Å². The predicted molar refractivity (Wildman–Crippen MR) is 101 cm³/mol. The number of nitrogens with zero attached hydrogens (tertiary/aromatic N) is 4. The number of carbonyl (C=O) groups excluding carboxylic acids is 2. The van der Waals surface area contributed by atoms with Gasteiger partial charge in [-0.3, -0.25) is 9.59 Å². The van der Waals surface area contributed by atoms with Gasteiger partial charge in [-0.25, -0.2) is 0 Å². The first-order chi connectivity index (χ1) is 13.1. The van der Waals surface area contributed by atoms with Gasteiger partial charge in [0.2, 0.25) is 5.91 Å². The summed E-state index contributed by atoms with van der Waals surface area (Å²) in [5.41, 5.74) is 0.595. The van der Waals surface area contributed by atoms with Crippen LogP contribution < -0.4 is 5.32 Å². The molecule has 0 spiro atoms. The first-order valence-electron chi connectivity index (χ1n) is 8.80. The number of nitrogens with one attached hydrogen (secondary N) is 1.